The van der Waals surface area contributed by atoms with Crippen LogP contribution < -0.4 is 5.32 Å². The highest BCUT2D eigenvalue weighted by molar-refractivity contribution is 4.90. The summed E-state index contributed by atoms with van der Waals surface area (Å²) in [6, 6.07) is 2.28. The third-order valence-electron chi connectivity index (χ3n) is 5.26. The molecule has 1 heterocycles. The molecule has 0 aromatic rings. The number of nitrogens with one attached hydrogen (secondary N) is 1. The minimum Gasteiger partial charge on any atom is -0.312 e. The van der Waals surface area contributed by atoms with Crippen LogP contribution in [0, 0.1) is 0 Å². The molecule has 3 nitrogen and oxygen atoms in total. The van der Waals surface area contributed by atoms with Crippen molar-refractivity contribution in [1.82, 2.24) is 15.1 Å². The summed E-state index contributed by atoms with van der Waals surface area (Å²) in [5.74, 6) is 0. The van der Waals surface area contributed by atoms with E-state index >= 15 is 0 Å². The van der Waals surface area contributed by atoms with Crippen LogP contribution in [0.25, 0.3) is 0 Å². The Bertz CT molecular complexity index is 267. The molecule has 2 rings (SSSR count). The van der Waals surface area contributed by atoms with Crippen molar-refractivity contribution < 1.29 is 0 Å². The topological polar surface area (TPSA) is 18.5 Å². The maximum Gasteiger partial charge on any atom is 0.0250 e. The highest BCUT2D eigenvalue weighted by atomic mass is 15.2. The van der Waals surface area contributed by atoms with E-state index in [1.165, 1.54) is 71.0 Å². The molecule has 0 bridgehead atoms. The summed E-state index contributed by atoms with van der Waals surface area (Å²) in [6.45, 7) is 6.06. The maximum absolute atomic E-state index is 3.85. The standard InChI is InChI=1S/C17H35N3/c1-4-12-18-16-10-6-5-7-11-17(16)20-13-8-9-15(14-20)19(2)3/h15-18H,4-14H2,1-3H3. The number of hydrogen-bond acceptors (Lipinski definition) is 3. The second kappa shape index (κ2) is 8.35. The van der Waals surface area contributed by atoms with Gasteiger partial charge in [0.2, 0.25) is 0 Å². The highest BCUT2D eigenvalue weighted by Gasteiger charge is 2.32. The lowest BCUT2D eigenvalue weighted by Gasteiger charge is -2.43. The van der Waals surface area contributed by atoms with Crippen molar-refractivity contribution in [3.63, 3.8) is 0 Å². The van der Waals surface area contributed by atoms with Crippen molar-refractivity contribution in [2.75, 3.05) is 33.7 Å². The number of hydrogen-bond donors (Lipinski definition) is 1. The van der Waals surface area contributed by atoms with E-state index in [-0.39, 0.29) is 0 Å². The lowest BCUT2D eigenvalue weighted by atomic mass is 9.96. The van der Waals surface area contributed by atoms with Crippen molar-refractivity contribution in [2.24, 2.45) is 0 Å². The molecule has 1 N–H and O–H groups in total. The van der Waals surface area contributed by atoms with Crippen LogP contribution in [-0.2, 0) is 0 Å². The Hall–Kier alpha value is -0.120. The van der Waals surface area contributed by atoms with Crippen LogP contribution in [0.5, 0.6) is 0 Å². The summed E-state index contributed by atoms with van der Waals surface area (Å²) in [7, 11) is 4.49. The average molecular weight is 281 g/mol. The van der Waals surface area contributed by atoms with Crippen LogP contribution in [0.1, 0.15) is 58.3 Å². The van der Waals surface area contributed by atoms with E-state index < -0.39 is 0 Å². The first-order valence-corrected chi connectivity index (χ1v) is 8.86. The first-order valence-electron chi connectivity index (χ1n) is 8.86. The molecule has 1 aliphatic heterocycles. The lowest BCUT2D eigenvalue weighted by molar-refractivity contribution is 0.0742. The van der Waals surface area contributed by atoms with Gasteiger partial charge in [-0.15, -0.1) is 0 Å². The monoisotopic (exact) mass is 281 g/mol. The molecule has 1 saturated heterocycles. The van der Waals surface area contributed by atoms with Crippen molar-refractivity contribution in [3.05, 3.63) is 0 Å². The van der Waals surface area contributed by atoms with Crippen LogP contribution >= 0.6 is 0 Å². The third kappa shape index (κ3) is 4.44. The molecule has 118 valence electrons. The maximum atomic E-state index is 3.85. The molecule has 1 saturated carbocycles. The molecule has 0 amide bonds. The van der Waals surface area contributed by atoms with Gasteiger partial charge in [-0.3, -0.25) is 4.90 Å². The van der Waals surface area contributed by atoms with Gasteiger partial charge >= 0.3 is 0 Å². The van der Waals surface area contributed by atoms with E-state index in [2.05, 4.69) is 36.1 Å². The fraction of sp³-hybridized carbons (Fsp3) is 1.00. The molecule has 0 aromatic carbocycles. The Morgan fingerprint density at radius 3 is 2.60 bits per heavy atom. The van der Waals surface area contributed by atoms with Crippen LogP contribution in [0.2, 0.25) is 0 Å². The summed E-state index contributed by atoms with van der Waals surface area (Å²) in [4.78, 5) is 5.24. The Balaban J connectivity index is 1.97. The number of likely N-dealkylation sites (tertiary alicyclic amines) is 1. The molecule has 3 heteroatoms. The molecule has 3 unspecified atom stereocenters. The van der Waals surface area contributed by atoms with E-state index in [0.29, 0.717) is 0 Å². The van der Waals surface area contributed by atoms with Gasteiger partial charge < -0.3 is 10.2 Å². The van der Waals surface area contributed by atoms with Crippen molar-refractivity contribution >= 4 is 0 Å². The quantitative estimate of drug-likeness (QED) is 0.782. The van der Waals surface area contributed by atoms with E-state index in [4.69, 9.17) is 0 Å². The highest BCUT2D eigenvalue weighted by Crippen LogP contribution is 2.26. The molecule has 0 aromatic heterocycles. The van der Waals surface area contributed by atoms with Crippen LogP contribution in [0.15, 0.2) is 0 Å². The van der Waals surface area contributed by atoms with Gasteiger partial charge in [0.05, 0.1) is 0 Å². The minimum absolute atomic E-state index is 0.735. The first kappa shape index (κ1) is 16.3. The smallest absolute Gasteiger partial charge is 0.0250 e. The number of nitrogens with zero attached hydrogens (tertiary/aromatic N) is 2. The zero-order valence-electron chi connectivity index (χ0n) is 13.9. The molecule has 20 heavy (non-hydrogen) atoms. The summed E-state index contributed by atoms with van der Waals surface area (Å²) < 4.78 is 0. The second-order valence-electron chi connectivity index (χ2n) is 7.02. The van der Waals surface area contributed by atoms with Crippen molar-refractivity contribution in [1.29, 1.82) is 0 Å². The minimum atomic E-state index is 0.735. The second-order valence-corrected chi connectivity index (χ2v) is 7.02. The van der Waals surface area contributed by atoms with E-state index in [1.807, 2.05) is 0 Å². The van der Waals surface area contributed by atoms with E-state index in [1.54, 1.807) is 0 Å². The molecule has 3 atom stereocenters. The Labute approximate surface area is 126 Å². The number of piperidine rings is 1. The van der Waals surface area contributed by atoms with Gasteiger partial charge in [-0.1, -0.05) is 26.2 Å². The van der Waals surface area contributed by atoms with Crippen LogP contribution in [0.4, 0.5) is 0 Å². The van der Waals surface area contributed by atoms with Crippen molar-refractivity contribution in [3.8, 4) is 0 Å². The van der Waals surface area contributed by atoms with Gasteiger partial charge in [0.25, 0.3) is 0 Å². The van der Waals surface area contributed by atoms with Crippen molar-refractivity contribution in [2.45, 2.75) is 76.4 Å². The molecule has 0 spiro atoms. The Kier molecular flexibility index (Phi) is 6.79. The van der Waals surface area contributed by atoms with E-state index in [0.717, 1.165) is 18.1 Å². The molecular weight excluding hydrogens is 246 g/mol. The number of rotatable bonds is 5. The van der Waals surface area contributed by atoms with Gasteiger partial charge in [-0.25, -0.2) is 0 Å². The molecule has 1 aliphatic carbocycles. The zero-order chi connectivity index (χ0) is 14.4. The van der Waals surface area contributed by atoms with Crippen LogP contribution in [0.3, 0.4) is 0 Å². The third-order valence-corrected chi connectivity index (χ3v) is 5.26. The molecule has 0 radical (unpaired) electrons. The zero-order valence-corrected chi connectivity index (χ0v) is 13.9. The van der Waals surface area contributed by atoms with Crippen LogP contribution in [-0.4, -0.2) is 61.7 Å². The first-order chi connectivity index (χ1) is 9.72. The fourth-order valence-corrected chi connectivity index (χ4v) is 4.00. The lowest BCUT2D eigenvalue weighted by Crippen LogP contribution is -2.55. The molecular formula is C17H35N3. The largest absolute Gasteiger partial charge is 0.312 e. The molecule has 2 fully saturated rings. The van der Waals surface area contributed by atoms with E-state index in [9.17, 15) is 0 Å². The predicted molar refractivity (Wildman–Crippen MR) is 87.2 cm³/mol. The molecule has 2 aliphatic rings. The van der Waals surface area contributed by atoms with Gasteiger partial charge in [0.15, 0.2) is 0 Å². The fourth-order valence-electron chi connectivity index (χ4n) is 4.00. The Morgan fingerprint density at radius 2 is 1.85 bits per heavy atom. The summed E-state index contributed by atoms with van der Waals surface area (Å²) in [6.07, 6.45) is 11.1. The van der Waals surface area contributed by atoms with Gasteiger partial charge in [0, 0.05) is 24.7 Å². The van der Waals surface area contributed by atoms with Gasteiger partial charge in [-0.05, 0) is 59.3 Å². The van der Waals surface area contributed by atoms with Gasteiger partial charge in [0.1, 0.15) is 0 Å². The summed E-state index contributed by atoms with van der Waals surface area (Å²) in [5, 5.41) is 3.85. The SMILES string of the molecule is CCCNC1CCCCCC1N1CCCC(N(C)C)C1. The summed E-state index contributed by atoms with van der Waals surface area (Å²) in [5.41, 5.74) is 0. The number of likely N-dealkylation sites (N-methyl/N-ethyl adjacent to an activating group) is 1. The predicted octanol–water partition coefficient (Wildman–Crippen LogP) is 2.71. The van der Waals surface area contributed by atoms with Gasteiger partial charge in [-0.2, -0.15) is 0 Å². The summed E-state index contributed by atoms with van der Waals surface area (Å²) >= 11 is 0. The average Bonchev–Trinajstić information content (AvgIpc) is 2.70. The Morgan fingerprint density at radius 1 is 1.05 bits per heavy atom. The normalized spacial score (nSPS) is 33.3.